The maximum absolute atomic E-state index is 13.0. The van der Waals surface area contributed by atoms with E-state index in [0.29, 0.717) is 11.3 Å². The number of halogens is 1. The molecule has 0 radical (unpaired) electrons. The van der Waals surface area contributed by atoms with Gasteiger partial charge >= 0.3 is 0 Å². The molecular formula is C21H18FNO2. The Bertz CT molecular complexity index is 875. The predicted molar refractivity (Wildman–Crippen MR) is 96.3 cm³/mol. The van der Waals surface area contributed by atoms with E-state index in [1.54, 1.807) is 30.3 Å². The Hall–Kier alpha value is -3.14. The molecular weight excluding hydrogens is 317 g/mol. The van der Waals surface area contributed by atoms with Gasteiger partial charge in [0.25, 0.3) is 5.91 Å². The van der Waals surface area contributed by atoms with Crippen LogP contribution in [0.25, 0.3) is 0 Å². The highest BCUT2D eigenvalue weighted by atomic mass is 19.1. The Morgan fingerprint density at radius 2 is 1.64 bits per heavy atom. The lowest BCUT2D eigenvalue weighted by molar-refractivity contribution is 0.102. The van der Waals surface area contributed by atoms with Crippen molar-refractivity contribution in [3.05, 3.63) is 95.3 Å². The maximum Gasteiger partial charge on any atom is 0.259 e. The van der Waals surface area contributed by atoms with E-state index < -0.39 is 0 Å². The number of benzene rings is 3. The summed E-state index contributed by atoms with van der Waals surface area (Å²) in [6, 6.07) is 20.7. The Balaban J connectivity index is 1.75. The van der Waals surface area contributed by atoms with E-state index in [9.17, 15) is 9.18 Å². The molecule has 0 unspecified atom stereocenters. The van der Waals surface area contributed by atoms with Crippen molar-refractivity contribution in [3.63, 3.8) is 0 Å². The van der Waals surface area contributed by atoms with Crippen LogP contribution in [-0.2, 0) is 6.61 Å². The molecule has 25 heavy (non-hydrogen) atoms. The van der Waals surface area contributed by atoms with Crippen LogP contribution >= 0.6 is 0 Å². The van der Waals surface area contributed by atoms with Crippen LogP contribution < -0.4 is 10.1 Å². The lowest BCUT2D eigenvalue weighted by Crippen LogP contribution is -2.14. The summed E-state index contributed by atoms with van der Waals surface area (Å²) in [5.74, 6) is -0.0383. The number of amides is 1. The van der Waals surface area contributed by atoms with Crippen molar-refractivity contribution in [2.75, 3.05) is 5.32 Å². The molecule has 0 aliphatic carbocycles. The molecule has 0 heterocycles. The highest BCUT2D eigenvalue weighted by Crippen LogP contribution is 2.22. The van der Waals surface area contributed by atoms with Crippen LogP contribution in [0.1, 0.15) is 21.5 Å². The van der Waals surface area contributed by atoms with Crippen LogP contribution in [0.5, 0.6) is 5.75 Å². The van der Waals surface area contributed by atoms with Gasteiger partial charge in [0.05, 0.1) is 5.56 Å². The molecule has 0 spiro atoms. The van der Waals surface area contributed by atoms with Crippen LogP contribution in [-0.4, -0.2) is 5.91 Å². The molecule has 1 N–H and O–H groups in total. The summed E-state index contributed by atoms with van der Waals surface area (Å²) in [4.78, 5) is 12.6. The molecule has 0 saturated carbocycles. The molecule has 0 fully saturated rings. The fourth-order valence-electron chi connectivity index (χ4n) is 2.42. The molecule has 3 nitrogen and oxygen atoms in total. The molecule has 0 bridgehead atoms. The average Bonchev–Trinajstić information content (AvgIpc) is 2.63. The Morgan fingerprint density at radius 3 is 2.40 bits per heavy atom. The Kier molecular flexibility index (Phi) is 5.09. The third-order valence-electron chi connectivity index (χ3n) is 3.83. The first-order valence-electron chi connectivity index (χ1n) is 7.97. The van der Waals surface area contributed by atoms with Gasteiger partial charge in [-0.3, -0.25) is 4.79 Å². The first-order valence-corrected chi connectivity index (χ1v) is 7.97. The first-order chi connectivity index (χ1) is 12.1. The molecule has 3 aromatic rings. The lowest BCUT2D eigenvalue weighted by atomic mass is 10.1. The fourth-order valence-corrected chi connectivity index (χ4v) is 2.42. The zero-order valence-electron chi connectivity index (χ0n) is 13.8. The van der Waals surface area contributed by atoms with E-state index in [2.05, 4.69) is 5.32 Å². The van der Waals surface area contributed by atoms with Crippen molar-refractivity contribution in [1.82, 2.24) is 0 Å². The number of aryl methyl sites for hydroxylation is 1. The van der Waals surface area contributed by atoms with Crippen molar-refractivity contribution in [2.45, 2.75) is 13.5 Å². The van der Waals surface area contributed by atoms with Gasteiger partial charge in [-0.1, -0.05) is 42.5 Å². The molecule has 1 amide bonds. The number of carbonyl (C=O) groups excluding carboxylic acids is 1. The minimum atomic E-state index is -0.290. The molecule has 126 valence electrons. The van der Waals surface area contributed by atoms with Gasteiger partial charge in [0.1, 0.15) is 18.2 Å². The number of rotatable bonds is 5. The number of ether oxygens (including phenoxy) is 1. The monoisotopic (exact) mass is 335 g/mol. The topological polar surface area (TPSA) is 38.3 Å². The van der Waals surface area contributed by atoms with E-state index in [1.807, 2.05) is 37.3 Å². The summed E-state index contributed by atoms with van der Waals surface area (Å²) < 4.78 is 18.7. The molecule has 0 aliphatic rings. The van der Waals surface area contributed by atoms with Crippen LogP contribution in [0.15, 0.2) is 72.8 Å². The quantitative estimate of drug-likeness (QED) is 0.715. The van der Waals surface area contributed by atoms with Crippen LogP contribution in [0.4, 0.5) is 10.1 Å². The molecule has 3 rings (SSSR count). The predicted octanol–water partition coefficient (Wildman–Crippen LogP) is 4.97. The third kappa shape index (κ3) is 4.23. The van der Waals surface area contributed by atoms with E-state index >= 15 is 0 Å². The van der Waals surface area contributed by atoms with Crippen LogP contribution in [0.2, 0.25) is 0 Å². The highest BCUT2D eigenvalue weighted by molar-refractivity contribution is 6.06. The van der Waals surface area contributed by atoms with E-state index in [1.165, 1.54) is 12.1 Å². The van der Waals surface area contributed by atoms with Gasteiger partial charge in [0, 0.05) is 5.69 Å². The van der Waals surface area contributed by atoms with Gasteiger partial charge in [-0.15, -0.1) is 0 Å². The summed E-state index contributed by atoms with van der Waals surface area (Å²) in [7, 11) is 0. The standard InChI is InChI=1S/C21H18FNO2/c1-15-6-2-4-8-19(15)23-21(24)18-7-3-5-9-20(18)25-14-16-10-12-17(22)13-11-16/h2-13H,14H2,1H3,(H,23,24). The van der Waals surface area contributed by atoms with Crippen molar-refractivity contribution in [1.29, 1.82) is 0 Å². The van der Waals surface area contributed by atoms with Gasteiger partial charge < -0.3 is 10.1 Å². The van der Waals surface area contributed by atoms with Crippen LogP contribution in [0.3, 0.4) is 0 Å². The second kappa shape index (κ2) is 7.62. The highest BCUT2D eigenvalue weighted by Gasteiger charge is 2.13. The van der Waals surface area contributed by atoms with Crippen molar-refractivity contribution in [3.8, 4) is 5.75 Å². The van der Waals surface area contributed by atoms with Crippen molar-refractivity contribution in [2.24, 2.45) is 0 Å². The molecule has 4 heteroatoms. The van der Waals surface area contributed by atoms with Gasteiger partial charge in [-0.25, -0.2) is 4.39 Å². The SMILES string of the molecule is Cc1ccccc1NC(=O)c1ccccc1OCc1ccc(F)cc1. The number of anilines is 1. The minimum Gasteiger partial charge on any atom is -0.488 e. The van der Waals surface area contributed by atoms with Crippen molar-refractivity contribution >= 4 is 11.6 Å². The first kappa shape index (κ1) is 16.7. The van der Waals surface area contributed by atoms with Gasteiger partial charge in [-0.05, 0) is 48.4 Å². The minimum absolute atomic E-state index is 0.232. The summed E-state index contributed by atoms with van der Waals surface area (Å²) in [6.45, 7) is 2.20. The summed E-state index contributed by atoms with van der Waals surface area (Å²) in [6.07, 6.45) is 0. The zero-order valence-corrected chi connectivity index (χ0v) is 13.8. The normalized spacial score (nSPS) is 10.3. The van der Waals surface area contributed by atoms with Crippen molar-refractivity contribution < 1.29 is 13.9 Å². The van der Waals surface area contributed by atoms with Gasteiger partial charge in [-0.2, -0.15) is 0 Å². The summed E-state index contributed by atoms with van der Waals surface area (Å²) in [5, 5.41) is 2.90. The second-order valence-corrected chi connectivity index (χ2v) is 5.68. The second-order valence-electron chi connectivity index (χ2n) is 5.68. The van der Waals surface area contributed by atoms with E-state index in [0.717, 1.165) is 16.8 Å². The average molecular weight is 335 g/mol. The number of nitrogens with one attached hydrogen (secondary N) is 1. The zero-order chi connectivity index (χ0) is 17.6. The number of hydrogen-bond donors (Lipinski definition) is 1. The number of hydrogen-bond acceptors (Lipinski definition) is 2. The molecule has 0 aliphatic heterocycles. The Morgan fingerprint density at radius 1 is 0.960 bits per heavy atom. The number of para-hydroxylation sites is 2. The van der Waals surface area contributed by atoms with Gasteiger partial charge in [0.15, 0.2) is 0 Å². The molecule has 0 atom stereocenters. The van der Waals surface area contributed by atoms with E-state index in [-0.39, 0.29) is 18.3 Å². The smallest absolute Gasteiger partial charge is 0.259 e. The number of carbonyl (C=O) groups is 1. The van der Waals surface area contributed by atoms with Crippen LogP contribution in [0, 0.1) is 12.7 Å². The molecule has 0 saturated heterocycles. The summed E-state index contributed by atoms with van der Waals surface area (Å²) in [5.41, 5.74) is 3.03. The maximum atomic E-state index is 13.0. The lowest BCUT2D eigenvalue weighted by Gasteiger charge is -2.13. The summed E-state index contributed by atoms with van der Waals surface area (Å²) >= 11 is 0. The largest absolute Gasteiger partial charge is 0.488 e. The molecule has 3 aromatic carbocycles. The third-order valence-corrected chi connectivity index (χ3v) is 3.83. The van der Waals surface area contributed by atoms with Gasteiger partial charge in [0.2, 0.25) is 0 Å². The molecule has 0 aromatic heterocycles. The Labute approximate surface area is 146 Å². The fraction of sp³-hybridized carbons (Fsp3) is 0.0952. The van der Waals surface area contributed by atoms with E-state index in [4.69, 9.17) is 4.74 Å².